The molecule has 2 heterocycles. The van der Waals surface area contributed by atoms with E-state index in [0.29, 0.717) is 0 Å². The molecule has 78 valence electrons. The van der Waals surface area contributed by atoms with Crippen molar-refractivity contribution in [1.82, 2.24) is 14.1 Å². The third-order valence-electron chi connectivity index (χ3n) is 2.55. The molecule has 0 aliphatic rings. The molecule has 0 spiro atoms. The van der Waals surface area contributed by atoms with Crippen molar-refractivity contribution in [2.24, 2.45) is 0 Å². The molecule has 0 fully saturated rings. The van der Waals surface area contributed by atoms with Crippen LogP contribution < -0.4 is 0 Å². The van der Waals surface area contributed by atoms with Gasteiger partial charge in [-0.15, -0.1) is 0 Å². The number of hydrogen-bond acceptors (Lipinski definition) is 1. The summed E-state index contributed by atoms with van der Waals surface area (Å²) in [5.41, 5.74) is 2.27. The maximum Gasteiger partial charge on any atom is 0.0992 e. The van der Waals surface area contributed by atoms with Crippen molar-refractivity contribution in [3.63, 3.8) is 0 Å². The number of aromatic nitrogens is 3. The first kappa shape index (κ1) is 8.97. The average Bonchev–Trinajstić information content (AvgIpc) is 3.03. The molecule has 0 aliphatic heterocycles. The molecular weight excluding hydrogens is 198 g/mol. The van der Waals surface area contributed by atoms with E-state index in [1.807, 2.05) is 53.8 Å². The summed E-state index contributed by atoms with van der Waals surface area (Å²) in [6.45, 7) is 0. The Balaban J connectivity index is 2.19. The monoisotopic (exact) mass is 209 g/mol. The molecule has 2 aromatic heterocycles. The number of nitrogens with zero attached hydrogens (tertiary/aromatic N) is 3. The van der Waals surface area contributed by atoms with Gasteiger partial charge in [0.05, 0.1) is 17.7 Å². The van der Waals surface area contributed by atoms with Crippen LogP contribution in [0.5, 0.6) is 0 Å². The van der Waals surface area contributed by atoms with Crippen LogP contribution in [-0.2, 0) is 0 Å². The maximum atomic E-state index is 4.07. The van der Waals surface area contributed by atoms with Crippen molar-refractivity contribution in [2.75, 3.05) is 0 Å². The topological polar surface area (TPSA) is 22.8 Å². The Morgan fingerprint density at radius 3 is 2.06 bits per heavy atom. The summed E-state index contributed by atoms with van der Waals surface area (Å²) >= 11 is 0. The van der Waals surface area contributed by atoms with Crippen LogP contribution in [0, 0.1) is 0 Å². The lowest BCUT2D eigenvalue weighted by atomic mass is 10.2. The van der Waals surface area contributed by atoms with E-state index < -0.39 is 0 Å². The second-order valence-corrected chi connectivity index (χ2v) is 3.55. The first-order valence-electron chi connectivity index (χ1n) is 5.16. The van der Waals surface area contributed by atoms with E-state index in [2.05, 4.69) is 21.7 Å². The highest BCUT2D eigenvalue weighted by Gasteiger charge is 2.03. The largest absolute Gasteiger partial charge is 0.322 e. The Hall–Kier alpha value is -2.29. The van der Waals surface area contributed by atoms with E-state index in [0.717, 1.165) is 11.4 Å². The number of imidazole rings is 1. The predicted molar refractivity (Wildman–Crippen MR) is 62.9 cm³/mol. The van der Waals surface area contributed by atoms with Crippen molar-refractivity contribution >= 4 is 0 Å². The van der Waals surface area contributed by atoms with Gasteiger partial charge in [0, 0.05) is 24.8 Å². The Morgan fingerprint density at radius 1 is 0.750 bits per heavy atom. The molecule has 0 amide bonds. The molecule has 3 heteroatoms. The molecule has 0 saturated carbocycles. The molecule has 0 N–H and O–H groups in total. The molecule has 0 atom stereocenters. The minimum atomic E-state index is 1.12. The van der Waals surface area contributed by atoms with Crippen LogP contribution >= 0.6 is 0 Å². The fourth-order valence-electron chi connectivity index (χ4n) is 1.80. The zero-order valence-corrected chi connectivity index (χ0v) is 8.69. The van der Waals surface area contributed by atoms with E-state index in [4.69, 9.17) is 0 Å². The molecule has 0 aliphatic carbocycles. The van der Waals surface area contributed by atoms with Crippen LogP contribution in [0.3, 0.4) is 0 Å². The molecule has 0 saturated heterocycles. The molecule has 3 rings (SSSR count). The summed E-state index contributed by atoms with van der Waals surface area (Å²) < 4.78 is 4.10. The van der Waals surface area contributed by atoms with E-state index >= 15 is 0 Å². The van der Waals surface area contributed by atoms with Crippen LogP contribution in [0.2, 0.25) is 0 Å². The lowest BCUT2D eigenvalue weighted by Gasteiger charge is -2.10. The van der Waals surface area contributed by atoms with Gasteiger partial charge in [-0.05, 0) is 24.3 Å². The molecule has 16 heavy (non-hydrogen) atoms. The van der Waals surface area contributed by atoms with E-state index in [-0.39, 0.29) is 0 Å². The number of para-hydroxylation sites is 2. The van der Waals surface area contributed by atoms with Crippen molar-refractivity contribution in [2.45, 2.75) is 0 Å². The highest BCUT2D eigenvalue weighted by Crippen LogP contribution is 2.18. The quantitative estimate of drug-likeness (QED) is 0.636. The second kappa shape index (κ2) is 3.70. The van der Waals surface area contributed by atoms with E-state index in [1.165, 1.54) is 0 Å². The number of benzene rings is 1. The van der Waals surface area contributed by atoms with Crippen molar-refractivity contribution in [3.05, 3.63) is 67.5 Å². The smallest absolute Gasteiger partial charge is 0.0992 e. The van der Waals surface area contributed by atoms with Gasteiger partial charge in [-0.1, -0.05) is 12.1 Å². The zero-order chi connectivity index (χ0) is 10.8. The zero-order valence-electron chi connectivity index (χ0n) is 8.69. The highest BCUT2D eigenvalue weighted by atomic mass is 15.1. The Labute approximate surface area is 93.6 Å². The predicted octanol–water partition coefficient (Wildman–Crippen LogP) is 2.66. The fourth-order valence-corrected chi connectivity index (χ4v) is 1.80. The van der Waals surface area contributed by atoms with Crippen LogP contribution in [0.15, 0.2) is 67.5 Å². The van der Waals surface area contributed by atoms with Crippen molar-refractivity contribution < 1.29 is 0 Å². The van der Waals surface area contributed by atoms with Crippen LogP contribution in [-0.4, -0.2) is 14.1 Å². The molecule has 0 unspecified atom stereocenters. The SMILES string of the molecule is c1ccc(-n2ccnc2)c(-n2cccc2)c1. The Bertz CT molecular complexity index is 512. The second-order valence-electron chi connectivity index (χ2n) is 3.55. The van der Waals surface area contributed by atoms with Crippen LogP contribution in [0.1, 0.15) is 0 Å². The van der Waals surface area contributed by atoms with Gasteiger partial charge in [0.2, 0.25) is 0 Å². The molecule has 3 nitrogen and oxygen atoms in total. The van der Waals surface area contributed by atoms with Crippen molar-refractivity contribution in [1.29, 1.82) is 0 Å². The van der Waals surface area contributed by atoms with Crippen LogP contribution in [0.25, 0.3) is 11.4 Å². The molecule has 0 bridgehead atoms. The Morgan fingerprint density at radius 2 is 1.44 bits per heavy atom. The minimum Gasteiger partial charge on any atom is -0.322 e. The Kier molecular flexibility index (Phi) is 2.07. The molecule has 3 aromatic rings. The lowest BCUT2D eigenvalue weighted by Crippen LogP contribution is -1.99. The minimum absolute atomic E-state index is 1.12. The third kappa shape index (κ3) is 1.42. The lowest BCUT2D eigenvalue weighted by molar-refractivity contribution is 0.994. The first-order valence-corrected chi connectivity index (χ1v) is 5.16. The third-order valence-corrected chi connectivity index (χ3v) is 2.55. The summed E-state index contributed by atoms with van der Waals surface area (Å²) in [7, 11) is 0. The highest BCUT2D eigenvalue weighted by molar-refractivity contribution is 5.52. The standard InChI is InChI=1S/C13H11N3/c1-2-6-13(16-10-7-14-11-16)12(5-1)15-8-3-4-9-15/h1-11H. The van der Waals surface area contributed by atoms with Crippen molar-refractivity contribution in [3.8, 4) is 11.4 Å². The van der Waals surface area contributed by atoms with Gasteiger partial charge in [0.25, 0.3) is 0 Å². The van der Waals surface area contributed by atoms with Gasteiger partial charge in [0.1, 0.15) is 0 Å². The molecular formula is C13H11N3. The molecule has 1 aromatic carbocycles. The van der Waals surface area contributed by atoms with Gasteiger partial charge in [-0.2, -0.15) is 0 Å². The van der Waals surface area contributed by atoms with E-state index in [1.54, 1.807) is 6.20 Å². The summed E-state index contributed by atoms with van der Waals surface area (Å²) in [5, 5.41) is 0. The normalized spacial score (nSPS) is 10.5. The van der Waals surface area contributed by atoms with Gasteiger partial charge < -0.3 is 9.13 Å². The van der Waals surface area contributed by atoms with Crippen LogP contribution in [0.4, 0.5) is 0 Å². The van der Waals surface area contributed by atoms with Gasteiger partial charge in [0.15, 0.2) is 0 Å². The maximum absolute atomic E-state index is 4.07. The number of rotatable bonds is 2. The summed E-state index contributed by atoms with van der Waals surface area (Å²) in [4.78, 5) is 4.07. The van der Waals surface area contributed by atoms with Gasteiger partial charge in [-0.25, -0.2) is 4.98 Å². The summed E-state index contributed by atoms with van der Waals surface area (Å²) in [6, 6.07) is 12.3. The first-order chi connectivity index (χ1) is 7.95. The summed E-state index contributed by atoms with van der Waals surface area (Å²) in [6.07, 6.45) is 9.61. The molecule has 0 radical (unpaired) electrons. The van der Waals surface area contributed by atoms with E-state index in [9.17, 15) is 0 Å². The fraction of sp³-hybridized carbons (Fsp3) is 0. The summed E-state index contributed by atoms with van der Waals surface area (Å²) in [5.74, 6) is 0. The van der Waals surface area contributed by atoms with Gasteiger partial charge in [-0.3, -0.25) is 0 Å². The van der Waals surface area contributed by atoms with Gasteiger partial charge >= 0.3 is 0 Å². The average molecular weight is 209 g/mol. The number of hydrogen-bond donors (Lipinski definition) is 0.